The van der Waals surface area contributed by atoms with E-state index in [9.17, 15) is 9.59 Å². The summed E-state index contributed by atoms with van der Waals surface area (Å²) in [7, 11) is 1.84. The van der Waals surface area contributed by atoms with Gasteiger partial charge in [0.2, 0.25) is 0 Å². The summed E-state index contributed by atoms with van der Waals surface area (Å²) < 4.78 is 7.30. The van der Waals surface area contributed by atoms with Crippen molar-refractivity contribution in [2.45, 2.75) is 78.7 Å². The quantitative estimate of drug-likeness (QED) is 0.475. The molecule has 0 spiro atoms. The van der Waals surface area contributed by atoms with E-state index >= 15 is 0 Å². The molecule has 188 valence electrons. The topological polar surface area (TPSA) is 67.3 Å². The first kappa shape index (κ1) is 25.1. The summed E-state index contributed by atoms with van der Waals surface area (Å²) in [5, 5.41) is 1.24. The molecule has 1 amide bonds. The average Bonchev–Trinajstić information content (AvgIpc) is 3.17. The standard InChI is InChI=1S/C29H39N3O3/c1-17(2)25-23-16-21(20-11-13-32(14-12-20)28(34)35-29(5,6)7)9-10-24(23)30-26(25)22-15-18(3)27(33)31(8)19(22)4/h9-10,15-17,20,30H,11-14H2,1-8H3. The number of H-pyrrole nitrogens is 1. The minimum atomic E-state index is -0.472. The highest BCUT2D eigenvalue weighted by atomic mass is 16.6. The summed E-state index contributed by atoms with van der Waals surface area (Å²) in [5.74, 6) is 0.734. The fraction of sp³-hybridized carbons (Fsp3) is 0.517. The van der Waals surface area contributed by atoms with Gasteiger partial charge in [-0.05, 0) is 88.6 Å². The summed E-state index contributed by atoms with van der Waals surface area (Å²) >= 11 is 0. The second kappa shape index (κ2) is 9.21. The van der Waals surface area contributed by atoms with Gasteiger partial charge in [-0.25, -0.2) is 4.79 Å². The third kappa shape index (κ3) is 4.89. The predicted octanol–water partition coefficient (Wildman–Crippen LogP) is 6.39. The van der Waals surface area contributed by atoms with Crippen molar-refractivity contribution >= 4 is 17.0 Å². The van der Waals surface area contributed by atoms with Gasteiger partial charge in [0.1, 0.15) is 5.60 Å². The highest BCUT2D eigenvalue weighted by molar-refractivity contribution is 5.92. The van der Waals surface area contributed by atoms with Crippen molar-refractivity contribution in [3.8, 4) is 11.3 Å². The number of hydrogen-bond donors (Lipinski definition) is 1. The molecule has 1 saturated heterocycles. The number of hydrogen-bond acceptors (Lipinski definition) is 3. The van der Waals surface area contributed by atoms with Crippen LogP contribution in [-0.2, 0) is 11.8 Å². The van der Waals surface area contributed by atoms with Crippen LogP contribution in [0.25, 0.3) is 22.2 Å². The number of ether oxygens (including phenoxy) is 1. The molecule has 0 bridgehead atoms. The first-order valence-corrected chi connectivity index (χ1v) is 12.7. The largest absolute Gasteiger partial charge is 0.444 e. The Kier molecular flexibility index (Phi) is 6.60. The van der Waals surface area contributed by atoms with Crippen LogP contribution in [0.2, 0.25) is 0 Å². The number of fused-ring (bicyclic) bond motifs is 1. The summed E-state index contributed by atoms with van der Waals surface area (Å²) in [6, 6.07) is 8.76. The lowest BCUT2D eigenvalue weighted by Crippen LogP contribution is -2.41. The molecule has 6 nitrogen and oxygen atoms in total. The molecule has 35 heavy (non-hydrogen) atoms. The maximum Gasteiger partial charge on any atom is 0.410 e. The number of likely N-dealkylation sites (tertiary alicyclic amines) is 1. The summed E-state index contributed by atoms with van der Waals surface area (Å²) in [6.45, 7) is 15.5. The Balaban J connectivity index is 1.67. The van der Waals surface area contributed by atoms with Gasteiger partial charge in [0, 0.05) is 47.9 Å². The number of nitrogens with zero attached hydrogens (tertiary/aromatic N) is 2. The van der Waals surface area contributed by atoms with E-state index in [-0.39, 0.29) is 11.7 Å². The number of aromatic nitrogens is 2. The Morgan fingerprint density at radius 3 is 2.37 bits per heavy atom. The molecule has 1 aliphatic rings. The molecule has 4 rings (SSSR count). The Bertz CT molecular complexity index is 1320. The minimum absolute atomic E-state index is 0.0495. The lowest BCUT2D eigenvalue weighted by atomic mass is 9.87. The van der Waals surface area contributed by atoms with Crippen LogP contribution in [0.4, 0.5) is 4.79 Å². The third-order valence-corrected chi connectivity index (χ3v) is 7.22. The zero-order valence-electron chi connectivity index (χ0n) is 22.4. The monoisotopic (exact) mass is 477 g/mol. The van der Waals surface area contributed by atoms with Gasteiger partial charge in [-0.2, -0.15) is 0 Å². The fourth-order valence-electron chi connectivity index (χ4n) is 5.25. The van der Waals surface area contributed by atoms with Crippen LogP contribution in [0, 0.1) is 13.8 Å². The van der Waals surface area contributed by atoms with E-state index in [4.69, 9.17) is 4.74 Å². The van der Waals surface area contributed by atoms with Gasteiger partial charge in [0.25, 0.3) is 5.56 Å². The van der Waals surface area contributed by atoms with Gasteiger partial charge in [-0.15, -0.1) is 0 Å². The first-order chi connectivity index (χ1) is 16.4. The van der Waals surface area contributed by atoms with Crippen LogP contribution in [0.5, 0.6) is 0 Å². The number of rotatable bonds is 3. The molecule has 3 heterocycles. The van der Waals surface area contributed by atoms with Crippen LogP contribution in [-0.4, -0.2) is 39.2 Å². The maximum absolute atomic E-state index is 12.5. The van der Waals surface area contributed by atoms with E-state index < -0.39 is 5.60 Å². The van der Waals surface area contributed by atoms with Crippen LogP contribution in [0.1, 0.15) is 81.7 Å². The molecule has 0 radical (unpaired) electrons. The highest BCUT2D eigenvalue weighted by Gasteiger charge is 2.28. The molecule has 1 aliphatic heterocycles. The number of carbonyl (C=O) groups is 1. The van der Waals surface area contributed by atoms with Crippen LogP contribution >= 0.6 is 0 Å². The van der Waals surface area contributed by atoms with Crippen molar-refractivity contribution in [3.05, 3.63) is 57.0 Å². The Morgan fingerprint density at radius 2 is 1.77 bits per heavy atom. The average molecular weight is 478 g/mol. The smallest absolute Gasteiger partial charge is 0.410 e. The molecule has 0 atom stereocenters. The van der Waals surface area contributed by atoms with Crippen LogP contribution in [0.15, 0.2) is 29.1 Å². The molecule has 0 unspecified atom stereocenters. The van der Waals surface area contributed by atoms with E-state index in [0.29, 0.717) is 24.9 Å². The molecule has 6 heteroatoms. The van der Waals surface area contributed by atoms with E-state index in [1.54, 1.807) is 4.57 Å². The normalized spacial score (nSPS) is 15.3. The minimum Gasteiger partial charge on any atom is -0.444 e. The number of piperidine rings is 1. The molecule has 1 aromatic carbocycles. The Morgan fingerprint density at radius 1 is 1.11 bits per heavy atom. The van der Waals surface area contributed by atoms with Crippen LogP contribution in [0.3, 0.4) is 0 Å². The number of pyridine rings is 1. The van der Waals surface area contributed by atoms with Crippen molar-refractivity contribution in [2.24, 2.45) is 7.05 Å². The maximum atomic E-state index is 12.5. The highest BCUT2D eigenvalue weighted by Crippen LogP contribution is 2.39. The van der Waals surface area contributed by atoms with Crippen molar-refractivity contribution in [1.29, 1.82) is 0 Å². The molecule has 3 aromatic rings. The first-order valence-electron chi connectivity index (χ1n) is 12.7. The summed E-state index contributed by atoms with van der Waals surface area (Å²) in [5.41, 5.74) is 7.19. The van der Waals surface area contributed by atoms with Gasteiger partial charge >= 0.3 is 6.09 Å². The van der Waals surface area contributed by atoms with Gasteiger partial charge in [-0.3, -0.25) is 4.79 Å². The fourth-order valence-corrected chi connectivity index (χ4v) is 5.25. The number of amides is 1. The van der Waals surface area contributed by atoms with E-state index in [0.717, 1.165) is 40.9 Å². The number of benzene rings is 1. The summed E-state index contributed by atoms with van der Waals surface area (Å²) in [4.78, 5) is 30.4. The van der Waals surface area contributed by atoms with Crippen molar-refractivity contribution in [2.75, 3.05) is 13.1 Å². The van der Waals surface area contributed by atoms with E-state index in [1.165, 1.54) is 16.5 Å². The van der Waals surface area contributed by atoms with Gasteiger partial charge in [0.05, 0.1) is 5.69 Å². The zero-order chi connectivity index (χ0) is 25.7. The molecule has 1 fully saturated rings. The molecule has 0 aliphatic carbocycles. The third-order valence-electron chi connectivity index (χ3n) is 7.22. The molecular formula is C29H39N3O3. The van der Waals surface area contributed by atoms with Crippen molar-refractivity contribution in [3.63, 3.8) is 0 Å². The predicted molar refractivity (Wildman–Crippen MR) is 142 cm³/mol. The lowest BCUT2D eigenvalue weighted by Gasteiger charge is -2.33. The van der Waals surface area contributed by atoms with E-state index in [1.807, 2.05) is 52.6 Å². The van der Waals surface area contributed by atoms with Gasteiger partial charge in [0.15, 0.2) is 0 Å². The molecule has 1 N–H and O–H groups in total. The second-order valence-corrected chi connectivity index (χ2v) is 11.3. The number of aryl methyl sites for hydroxylation is 1. The SMILES string of the molecule is Cc1cc(-c2[nH]c3ccc(C4CCN(C(=O)OC(C)(C)C)CC4)cc3c2C(C)C)c(C)n(C)c1=O. The molecular weight excluding hydrogens is 438 g/mol. The number of nitrogens with one attached hydrogen (secondary N) is 1. The van der Waals surface area contributed by atoms with Crippen molar-refractivity contribution < 1.29 is 9.53 Å². The molecule has 0 saturated carbocycles. The van der Waals surface area contributed by atoms with Gasteiger partial charge in [-0.1, -0.05) is 19.9 Å². The van der Waals surface area contributed by atoms with Gasteiger partial charge < -0.3 is 19.2 Å². The Hall–Kier alpha value is -3.02. The zero-order valence-corrected chi connectivity index (χ0v) is 22.4. The van der Waals surface area contributed by atoms with Crippen molar-refractivity contribution in [1.82, 2.24) is 14.5 Å². The van der Waals surface area contributed by atoms with Crippen LogP contribution < -0.4 is 5.56 Å². The van der Waals surface area contributed by atoms with E-state index in [2.05, 4.69) is 37.0 Å². The summed E-state index contributed by atoms with van der Waals surface area (Å²) in [6.07, 6.45) is 1.64. The number of aromatic amines is 1. The lowest BCUT2D eigenvalue weighted by molar-refractivity contribution is 0.0205. The molecule has 2 aromatic heterocycles. The second-order valence-electron chi connectivity index (χ2n) is 11.3. The Labute approximate surface area is 208 Å². The number of carbonyl (C=O) groups excluding carboxylic acids is 1.